The van der Waals surface area contributed by atoms with Crippen molar-refractivity contribution in [2.75, 3.05) is 7.11 Å². The van der Waals surface area contributed by atoms with Gasteiger partial charge in [-0.05, 0) is 0 Å². The van der Waals surface area contributed by atoms with Gasteiger partial charge in [-0.15, -0.1) is 0 Å². The second-order valence-electron chi connectivity index (χ2n) is 5.94. The van der Waals surface area contributed by atoms with E-state index in [0.29, 0.717) is 0 Å². The molecule has 0 N–H and O–H groups in total. The van der Waals surface area contributed by atoms with Crippen LogP contribution in [0.5, 0.6) is 0 Å². The van der Waals surface area contributed by atoms with Gasteiger partial charge >= 0.3 is 130 Å². The summed E-state index contributed by atoms with van der Waals surface area (Å²) < 4.78 is 10.5. The van der Waals surface area contributed by atoms with Gasteiger partial charge in [-0.1, -0.05) is 0 Å². The number of carbonyl (C=O) groups excluding carboxylic acids is 1. The molecule has 0 amide bonds. The van der Waals surface area contributed by atoms with Gasteiger partial charge in [0.1, 0.15) is 0 Å². The SMILES string of the molecule is CCC[CH2][Sn]([CH2]CCC)([CH2]CCC)[C](C)=CC(=O)OC. The first-order valence-corrected chi connectivity index (χ1v) is 15.8. The van der Waals surface area contributed by atoms with E-state index >= 15 is 0 Å². The average molecular weight is 389 g/mol. The van der Waals surface area contributed by atoms with Gasteiger partial charge in [0.05, 0.1) is 0 Å². The third-order valence-corrected chi connectivity index (χ3v) is 20.8. The maximum atomic E-state index is 11.6. The second kappa shape index (κ2) is 11.6. The number of hydrogen-bond acceptors (Lipinski definition) is 2. The molecular weight excluding hydrogens is 355 g/mol. The van der Waals surface area contributed by atoms with Crippen LogP contribution in [0.25, 0.3) is 0 Å². The summed E-state index contributed by atoms with van der Waals surface area (Å²) in [5.41, 5.74) is 0. The van der Waals surface area contributed by atoms with Gasteiger partial charge in [0.25, 0.3) is 0 Å². The van der Waals surface area contributed by atoms with Gasteiger partial charge in [-0.2, -0.15) is 0 Å². The summed E-state index contributed by atoms with van der Waals surface area (Å²) in [7, 11) is 1.48. The van der Waals surface area contributed by atoms with E-state index in [1.54, 1.807) is 0 Å². The molecule has 118 valence electrons. The molecule has 0 aliphatic rings. The zero-order chi connectivity index (χ0) is 15.4. The third-order valence-electron chi connectivity index (χ3n) is 4.40. The number of carbonyl (C=O) groups is 1. The van der Waals surface area contributed by atoms with E-state index in [0.717, 1.165) is 0 Å². The molecule has 20 heavy (non-hydrogen) atoms. The zero-order valence-corrected chi connectivity index (χ0v) is 17.1. The maximum absolute atomic E-state index is 11.6. The van der Waals surface area contributed by atoms with Gasteiger partial charge in [0.15, 0.2) is 0 Å². The van der Waals surface area contributed by atoms with Crippen LogP contribution in [0.1, 0.15) is 66.2 Å². The van der Waals surface area contributed by atoms with E-state index in [1.807, 2.05) is 6.08 Å². The molecule has 0 aromatic carbocycles. The van der Waals surface area contributed by atoms with Crippen molar-refractivity contribution in [3.8, 4) is 0 Å². The molecule has 0 aromatic heterocycles. The Kier molecular flexibility index (Phi) is 11.6. The van der Waals surface area contributed by atoms with Gasteiger partial charge in [-0.3, -0.25) is 0 Å². The summed E-state index contributed by atoms with van der Waals surface area (Å²) in [6.07, 6.45) is 9.60. The number of rotatable bonds is 11. The van der Waals surface area contributed by atoms with Crippen LogP contribution in [0.2, 0.25) is 13.3 Å². The summed E-state index contributed by atoms with van der Waals surface area (Å²) in [6.45, 7) is 9.04. The van der Waals surface area contributed by atoms with Crippen LogP contribution in [0.3, 0.4) is 0 Å². The van der Waals surface area contributed by atoms with Gasteiger partial charge in [0.2, 0.25) is 0 Å². The van der Waals surface area contributed by atoms with Gasteiger partial charge in [0, 0.05) is 0 Å². The van der Waals surface area contributed by atoms with Crippen LogP contribution in [0, 0.1) is 0 Å². The molecule has 0 fully saturated rings. The summed E-state index contributed by atoms with van der Waals surface area (Å²) >= 11 is -2.34. The fourth-order valence-electron chi connectivity index (χ4n) is 2.90. The van der Waals surface area contributed by atoms with E-state index in [-0.39, 0.29) is 5.97 Å². The Morgan fingerprint density at radius 2 is 1.35 bits per heavy atom. The molecule has 3 heteroatoms. The Bertz CT molecular complexity index is 276. The van der Waals surface area contributed by atoms with Crippen LogP contribution in [0.15, 0.2) is 9.67 Å². The van der Waals surface area contributed by atoms with Crippen molar-refractivity contribution < 1.29 is 9.53 Å². The number of hydrogen-bond donors (Lipinski definition) is 0. The first kappa shape index (κ1) is 20.0. The Morgan fingerprint density at radius 3 is 1.65 bits per heavy atom. The number of ether oxygens (including phenoxy) is 1. The molecule has 0 atom stereocenters. The summed E-state index contributed by atoms with van der Waals surface area (Å²) in [5.74, 6) is -0.159. The molecule has 0 bridgehead atoms. The van der Waals surface area contributed by atoms with E-state index in [9.17, 15) is 4.79 Å². The Hall–Kier alpha value is 0.00870. The Morgan fingerprint density at radius 1 is 0.950 bits per heavy atom. The standard InChI is InChI=1S/C5H7O2.3C4H9.Sn/c1-3-4-5(6)7-2;3*1-3-4-2;/h4H,1-2H3;3*1,3-4H2,2H3;. The fraction of sp³-hybridized carbons (Fsp3) is 0.824. The first-order chi connectivity index (χ1) is 9.56. The number of unbranched alkanes of at least 4 members (excludes halogenated alkanes) is 3. The molecule has 0 aliphatic heterocycles. The predicted molar refractivity (Wildman–Crippen MR) is 90.7 cm³/mol. The quantitative estimate of drug-likeness (QED) is 0.265. The zero-order valence-electron chi connectivity index (χ0n) is 14.3. The second-order valence-corrected chi connectivity index (χ2v) is 19.8. The first-order valence-electron chi connectivity index (χ1n) is 8.33. The van der Waals surface area contributed by atoms with Crippen molar-refractivity contribution >= 4 is 24.3 Å². The van der Waals surface area contributed by atoms with Crippen LogP contribution in [-0.2, 0) is 9.53 Å². The normalized spacial score (nSPS) is 12.6. The summed E-state index contributed by atoms with van der Waals surface area (Å²) in [4.78, 5) is 11.6. The Labute approximate surface area is 130 Å². The number of methoxy groups -OCH3 is 1. The van der Waals surface area contributed by atoms with Gasteiger partial charge in [-0.25, -0.2) is 0 Å². The molecule has 0 aromatic rings. The molecule has 0 saturated heterocycles. The van der Waals surface area contributed by atoms with E-state index < -0.39 is 18.4 Å². The number of allylic oxidation sites excluding steroid dienone is 1. The van der Waals surface area contributed by atoms with Crippen molar-refractivity contribution in [3.05, 3.63) is 9.67 Å². The molecule has 0 aliphatic carbocycles. The van der Waals surface area contributed by atoms with Crippen LogP contribution >= 0.6 is 0 Å². The molecule has 2 nitrogen and oxygen atoms in total. The predicted octanol–water partition coefficient (Wildman–Crippen LogP) is 5.49. The minimum absolute atomic E-state index is 0.159. The van der Waals surface area contributed by atoms with Crippen molar-refractivity contribution in [3.63, 3.8) is 0 Å². The molecule has 0 saturated carbocycles. The molecule has 0 spiro atoms. The van der Waals surface area contributed by atoms with Crippen LogP contribution in [0.4, 0.5) is 0 Å². The van der Waals surface area contributed by atoms with E-state index in [1.165, 1.54) is 62.5 Å². The molecule has 0 unspecified atom stereocenters. The van der Waals surface area contributed by atoms with E-state index in [4.69, 9.17) is 4.74 Å². The molecule has 0 radical (unpaired) electrons. The van der Waals surface area contributed by atoms with E-state index in [2.05, 4.69) is 27.7 Å². The van der Waals surface area contributed by atoms with Crippen molar-refractivity contribution in [1.82, 2.24) is 0 Å². The summed E-state index contributed by atoms with van der Waals surface area (Å²) in [5, 5.41) is 0. The number of esters is 1. The molecular formula is C17H34O2Sn. The Balaban J connectivity index is 5.19. The van der Waals surface area contributed by atoms with Gasteiger partial charge < -0.3 is 0 Å². The molecule has 0 rings (SSSR count). The topological polar surface area (TPSA) is 26.3 Å². The molecule has 0 heterocycles. The fourth-order valence-corrected chi connectivity index (χ4v) is 18.5. The van der Waals surface area contributed by atoms with Crippen molar-refractivity contribution in [2.45, 2.75) is 79.5 Å². The van der Waals surface area contributed by atoms with Crippen molar-refractivity contribution in [2.24, 2.45) is 0 Å². The minimum atomic E-state index is -2.34. The monoisotopic (exact) mass is 390 g/mol. The van der Waals surface area contributed by atoms with Crippen LogP contribution in [-0.4, -0.2) is 31.5 Å². The third kappa shape index (κ3) is 7.14. The van der Waals surface area contributed by atoms with Crippen molar-refractivity contribution in [1.29, 1.82) is 0 Å². The average Bonchev–Trinajstić information content (AvgIpc) is 2.46. The van der Waals surface area contributed by atoms with Crippen LogP contribution < -0.4 is 0 Å². The summed E-state index contributed by atoms with van der Waals surface area (Å²) in [6, 6.07) is 0.